The third-order valence-electron chi connectivity index (χ3n) is 3.79. The van der Waals surface area contributed by atoms with Gasteiger partial charge in [-0.2, -0.15) is 9.97 Å². The Labute approximate surface area is 144 Å². The topological polar surface area (TPSA) is 87.9 Å². The van der Waals surface area contributed by atoms with Crippen molar-refractivity contribution in [2.24, 2.45) is 0 Å². The number of aliphatic hydroxyl groups is 1. The molecule has 0 bridgehead atoms. The molecule has 0 saturated carbocycles. The number of nitrogens with one attached hydrogen (secondary N) is 2. The molecule has 2 heterocycles. The molecule has 0 spiro atoms. The van der Waals surface area contributed by atoms with Crippen LogP contribution in [0.3, 0.4) is 0 Å². The molecule has 8 heteroatoms. The molecule has 0 aliphatic carbocycles. The first-order valence-electron chi connectivity index (χ1n) is 8.12. The van der Waals surface area contributed by atoms with E-state index in [1.54, 1.807) is 25.4 Å². The van der Waals surface area contributed by atoms with Crippen LogP contribution in [-0.2, 0) is 0 Å². The van der Waals surface area contributed by atoms with Gasteiger partial charge in [-0.15, -0.1) is 0 Å². The molecule has 0 unspecified atom stereocenters. The van der Waals surface area contributed by atoms with Gasteiger partial charge in [0.25, 0.3) is 0 Å². The summed E-state index contributed by atoms with van der Waals surface area (Å²) < 4.78 is 15.4. The van der Waals surface area contributed by atoms with Crippen molar-refractivity contribution in [1.29, 1.82) is 0 Å². The van der Waals surface area contributed by atoms with Gasteiger partial charge in [0.15, 0.2) is 17.0 Å². The molecule has 0 aliphatic rings. The van der Waals surface area contributed by atoms with Crippen molar-refractivity contribution in [3.63, 3.8) is 0 Å². The average Bonchev–Trinajstić information content (AvgIpc) is 3.01. The summed E-state index contributed by atoms with van der Waals surface area (Å²) in [5.41, 5.74) is 2.57. The number of benzene rings is 1. The SMILES string of the molecule is Cc1cc(Nc2nc(NCCO)nc3c2ncn3C(C)C)ccc1F. The third-order valence-corrected chi connectivity index (χ3v) is 3.79. The Balaban J connectivity index is 2.06. The maximum atomic E-state index is 13.5. The fraction of sp³-hybridized carbons (Fsp3) is 0.353. The van der Waals surface area contributed by atoms with Crippen LogP contribution >= 0.6 is 0 Å². The highest BCUT2D eigenvalue weighted by molar-refractivity contribution is 5.86. The van der Waals surface area contributed by atoms with Crippen molar-refractivity contribution in [2.45, 2.75) is 26.8 Å². The number of aryl methyl sites for hydroxylation is 1. The van der Waals surface area contributed by atoms with Gasteiger partial charge in [0.05, 0.1) is 12.9 Å². The number of aromatic nitrogens is 4. The zero-order chi connectivity index (χ0) is 18.0. The van der Waals surface area contributed by atoms with Gasteiger partial charge in [0.1, 0.15) is 5.82 Å². The van der Waals surface area contributed by atoms with Crippen LogP contribution < -0.4 is 10.6 Å². The normalized spacial score (nSPS) is 11.3. The van der Waals surface area contributed by atoms with Crippen LogP contribution in [0.5, 0.6) is 0 Å². The second-order valence-electron chi connectivity index (χ2n) is 6.05. The van der Waals surface area contributed by atoms with Crippen LogP contribution in [0.2, 0.25) is 0 Å². The monoisotopic (exact) mass is 344 g/mol. The van der Waals surface area contributed by atoms with E-state index in [-0.39, 0.29) is 18.5 Å². The van der Waals surface area contributed by atoms with Crippen LogP contribution in [0.4, 0.5) is 21.8 Å². The highest BCUT2D eigenvalue weighted by Crippen LogP contribution is 2.26. The number of fused-ring (bicyclic) bond motifs is 1. The number of rotatable bonds is 6. The van der Waals surface area contributed by atoms with E-state index in [0.717, 1.165) is 0 Å². The minimum absolute atomic E-state index is 0.0231. The molecule has 3 rings (SSSR count). The molecule has 3 N–H and O–H groups in total. The Morgan fingerprint density at radius 2 is 2.08 bits per heavy atom. The second kappa shape index (κ2) is 7.02. The highest BCUT2D eigenvalue weighted by atomic mass is 19.1. The third kappa shape index (κ3) is 3.53. The lowest BCUT2D eigenvalue weighted by Crippen LogP contribution is -2.11. The molecule has 0 aliphatic heterocycles. The van der Waals surface area contributed by atoms with Crippen LogP contribution in [0.1, 0.15) is 25.5 Å². The van der Waals surface area contributed by atoms with Crippen molar-refractivity contribution in [3.8, 4) is 0 Å². The van der Waals surface area contributed by atoms with E-state index < -0.39 is 0 Å². The number of halogens is 1. The fourth-order valence-electron chi connectivity index (χ4n) is 2.49. The number of hydrogen-bond donors (Lipinski definition) is 3. The minimum atomic E-state index is -0.257. The summed E-state index contributed by atoms with van der Waals surface area (Å²) in [5, 5.41) is 15.2. The molecular weight excluding hydrogens is 323 g/mol. The Kier molecular flexibility index (Phi) is 4.80. The van der Waals surface area contributed by atoms with E-state index in [4.69, 9.17) is 5.11 Å². The molecule has 0 amide bonds. The molecule has 1 aromatic carbocycles. The van der Waals surface area contributed by atoms with Crippen LogP contribution in [0, 0.1) is 12.7 Å². The number of nitrogens with zero attached hydrogens (tertiary/aromatic N) is 4. The van der Waals surface area contributed by atoms with Crippen molar-refractivity contribution in [3.05, 3.63) is 35.9 Å². The summed E-state index contributed by atoms with van der Waals surface area (Å²) in [4.78, 5) is 13.4. The lowest BCUT2D eigenvalue weighted by Gasteiger charge is -2.12. The Morgan fingerprint density at radius 1 is 1.28 bits per heavy atom. The molecule has 0 atom stereocenters. The molecule has 2 aromatic heterocycles. The van der Waals surface area contributed by atoms with Gasteiger partial charge in [0.2, 0.25) is 5.95 Å². The van der Waals surface area contributed by atoms with E-state index >= 15 is 0 Å². The lowest BCUT2D eigenvalue weighted by molar-refractivity contribution is 0.311. The molecule has 25 heavy (non-hydrogen) atoms. The van der Waals surface area contributed by atoms with Crippen molar-refractivity contribution in [2.75, 3.05) is 23.8 Å². The molecule has 7 nitrogen and oxygen atoms in total. The van der Waals surface area contributed by atoms with E-state index in [1.165, 1.54) is 6.07 Å². The van der Waals surface area contributed by atoms with Crippen LogP contribution in [0.25, 0.3) is 11.2 Å². The highest BCUT2D eigenvalue weighted by Gasteiger charge is 2.15. The lowest BCUT2D eigenvalue weighted by atomic mass is 10.2. The first kappa shape index (κ1) is 17.1. The molecule has 0 fully saturated rings. The second-order valence-corrected chi connectivity index (χ2v) is 6.05. The molecule has 0 radical (unpaired) electrons. The summed E-state index contributed by atoms with van der Waals surface area (Å²) in [7, 11) is 0. The average molecular weight is 344 g/mol. The van der Waals surface area contributed by atoms with Gasteiger partial charge >= 0.3 is 0 Å². The maximum absolute atomic E-state index is 13.5. The van der Waals surface area contributed by atoms with E-state index in [0.29, 0.717) is 40.7 Å². The summed E-state index contributed by atoms with van der Waals surface area (Å²) >= 11 is 0. The molecule has 0 saturated heterocycles. The first-order chi connectivity index (χ1) is 12.0. The van der Waals surface area contributed by atoms with Gasteiger partial charge < -0.3 is 20.3 Å². The first-order valence-corrected chi connectivity index (χ1v) is 8.12. The summed E-state index contributed by atoms with van der Waals surface area (Å²) in [6.45, 7) is 6.11. The minimum Gasteiger partial charge on any atom is -0.395 e. The predicted molar refractivity (Wildman–Crippen MR) is 95.7 cm³/mol. The molecule has 132 valence electrons. The van der Waals surface area contributed by atoms with Crippen LogP contribution in [-0.4, -0.2) is 37.8 Å². The quantitative estimate of drug-likeness (QED) is 0.637. The standard InChI is InChI=1S/C17H21FN6O/c1-10(2)24-9-20-14-15(21-12-4-5-13(18)11(3)8-12)22-17(19-6-7-25)23-16(14)24/h4-5,8-10,25H,6-7H2,1-3H3,(H2,19,21,22,23). The maximum Gasteiger partial charge on any atom is 0.226 e. The van der Waals surface area contributed by atoms with Crippen molar-refractivity contribution < 1.29 is 9.50 Å². The Bertz CT molecular complexity index is 892. The van der Waals surface area contributed by atoms with E-state index in [2.05, 4.69) is 25.6 Å². The van der Waals surface area contributed by atoms with Crippen LogP contribution in [0.15, 0.2) is 24.5 Å². The number of imidazole rings is 1. The van der Waals surface area contributed by atoms with Gasteiger partial charge in [0, 0.05) is 18.3 Å². The Morgan fingerprint density at radius 3 is 2.76 bits per heavy atom. The smallest absolute Gasteiger partial charge is 0.226 e. The number of hydrogen-bond acceptors (Lipinski definition) is 6. The summed E-state index contributed by atoms with van der Waals surface area (Å²) in [5.74, 6) is 0.661. The molecule has 3 aromatic rings. The van der Waals surface area contributed by atoms with Crippen molar-refractivity contribution >= 4 is 28.6 Å². The Hall–Kier alpha value is -2.74. The van der Waals surface area contributed by atoms with Gasteiger partial charge in [-0.25, -0.2) is 9.37 Å². The summed E-state index contributed by atoms with van der Waals surface area (Å²) in [6, 6.07) is 4.96. The van der Waals surface area contributed by atoms with E-state index in [1.807, 2.05) is 18.4 Å². The number of anilines is 3. The van der Waals surface area contributed by atoms with Gasteiger partial charge in [-0.05, 0) is 44.5 Å². The number of aliphatic hydroxyl groups excluding tert-OH is 1. The zero-order valence-corrected chi connectivity index (χ0v) is 14.4. The predicted octanol–water partition coefficient (Wildman–Crippen LogP) is 3.00. The van der Waals surface area contributed by atoms with E-state index in [9.17, 15) is 4.39 Å². The van der Waals surface area contributed by atoms with Gasteiger partial charge in [-0.1, -0.05) is 0 Å². The molecular formula is C17H21FN6O. The zero-order valence-electron chi connectivity index (χ0n) is 14.4. The van der Waals surface area contributed by atoms with Crippen molar-refractivity contribution in [1.82, 2.24) is 19.5 Å². The largest absolute Gasteiger partial charge is 0.395 e. The van der Waals surface area contributed by atoms with Gasteiger partial charge in [-0.3, -0.25) is 0 Å². The fourth-order valence-corrected chi connectivity index (χ4v) is 2.49. The summed E-state index contributed by atoms with van der Waals surface area (Å²) in [6.07, 6.45) is 1.72.